The zero-order chi connectivity index (χ0) is 9.68. The summed E-state index contributed by atoms with van der Waals surface area (Å²) in [5.74, 6) is 0.457. The van der Waals surface area contributed by atoms with Gasteiger partial charge < -0.3 is 10.5 Å². The summed E-state index contributed by atoms with van der Waals surface area (Å²) in [6.07, 6.45) is 4.70. The molecule has 0 aromatic carbocycles. The first-order valence-electron chi connectivity index (χ1n) is 5.03. The van der Waals surface area contributed by atoms with Crippen molar-refractivity contribution < 1.29 is 9.53 Å². The van der Waals surface area contributed by atoms with Gasteiger partial charge in [-0.25, -0.2) is 0 Å². The van der Waals surface area contributed by atoms with Crippen LogP contribution in [0.25, 0.3) is 0 Å². The van der Waals surface area contributed by atoms with E-state index >= 15 is 0 Å². The molecule has 1 aliphatic carbocycles. The summed E-state index contributed by atoms with van der Waals surface area (Å²) in [5, 5.41) is 0. The van der Waals surface area contributed by atoms with Gasteiger partial charge in [0.25, 0.3) is 0 Å². The molecule has 0 aromatic heterocycles. The monoisotopic (exact) mass is 185 g/mol. The van der Waals surface area contributed by atoms with Gasteiger partial charge in [0.05, 0.1) is 0 Å². The largest absolute Gasteiger partial charge is 0.385 e. The average Bonchev–Trinajstić information content (AvgIpc) is 2.15. The maximum absolute atomic E-state index is 11.5. The van der Waals surface area contributed by atoms with Crippen molar-refractivity contribution in [1.29, 1.82) is 0 Å². The second-order valence-electron chi connectivity index (χ2n) is 3.76. The number of ketones is 1. The Labute approximate surface area is 79.6 Å². The van der Waals surface area contributed by atoms with Crippen molar-refractivity contribution >= 4 is 5.78 Å². The van der Waals surface area contributed by atoms with E-state index in [4.69, 9.17) is 10.5 Å². The maximum atomic E-state index is 11.5. The fraction of sp³-hybridized carbons (Fsp3) is 0.900. The van der Waals surface area contributed by atoms with Crippen molar-refractivity contribution in [2.75, 3.05) is 13.7 Å². The lowest BCUT2D eigenvalue weighted by Gasteiger charge is -2.25. The molecule has 2 unspecified atom stereocenters. The van der Waals surface area contributed by atoms with Crippen LogP contribution in [0.15, 0.2) is 0 Å². The second-order valence-corrected chi connectivity index (χ2v) is 3.76. The summed E-state index contributed by atoms with van der Waals surface area (Å²) in [7, 11) is 1.66. The molecule has 0 heterocycles. The van der Waals surface area contributed by atoms with E-state index in [1.165, 1.54) is 0 Å². The van der Waals surface area contributed by atoms with Gasteiger partial charge in [0.15, 0.2) is 0 Å². The second kappa shape index (κ2) is 5.35. The van der Waals surface area contributed by atoms with Crippen molar-refractivity contribution in [3.8, 4) is 0 Å². The van der Waals surface area contributed by atoms with Crippen LogP contribution in [-0.2, 0) is 9.53 Å². The molecule has 0 aliphatic heterocycles. The molecule has 1 saturated carbocycles. The molecule has 3 nitrogen and oxygen atoms in total. The van der Waals surface area contributed by atoms with Crippen molar-refractivity contribution in [2.45, 2.75) is 38.1 Å². The maximum Gasteiger partial charge on any atom is 0.137 e. The third-order valence-corrected chi connectivity index (χ3v) is 2.77. The van der Waals surface area contributed by atoms with Crippen LogP contribution in [-0.4, -0.2) is 25.5 Å². The van der Waals surface area contributed by atoms with Crippen molar-refractivity contribution in [2.24, 2.45) is 11.7 Å². The van der Waals surface area contributed by atoms with Crippen LogP contribution >= 0.6 is 0 Å². The smallest absolute Gasteiger partial charge is 0.137 e. The standard InChI is InChI=1S/C10H19NO2/c1-13-7-6-9(11)8-4-2-3-5-10(8)12/h8-9H,2-7,11H2,1H3. The van der Waals surface area contributed by atoms with Gasteiger partial charge in [-0.1, -0.05) is 6.42 Å². The van der Waals surface area contributed by atoms with Gasteiger partial charge in [0.1, 0.15) is 5.78 Å². The zero-order valence-electron chi connectivity index (χ0n) is 8.29. The predicted octanol–water partition coefficient (Wildman–Crippen LogP) is 1.11. The topological polar surface area (TPSA) is 52.3 Å². The SMILES string of the molecule is COCCC(N)C1CCCCC1=O. The Balaban J connectivity index is 2.34. The van der Waals surface area contributed by atoms with Gasteiger partial charge >= 0.3 is 0 Å². The van der Waals surface area contributed by atoms with Gasteiger partial charge in [-0.05, 0) is 19.3 Å². The minimum atomic E-state index is 0.00718. The molecule has 3 heteroatoms. The molecular formula is C10H19NO2. The van der Waals surface area contributed by atoms with Crippen LogP contribution in [0.5, 0.6) is 0 Å². The summed E-state index contributed by atoms with van der Waals surface area (Å²) in [6, 6.07) is 0.00718. The highest BCUT2D eigenvalue weighted by molar-refractivity contribution is 5.82. The van der Waals surface area contributed by atoms with Crippen molar-refractivity contribution in [1.82, 2.24) is 0 Å². The van der Waals surface area contributed by atoms with Crippen LogP contribution in [0.1, 0.15) is 32.1 Å². The number of rotatable bonds is 4. The minimum Gasteiger partial charge on any atom is -0.385 e. The van der Waals surface area contributed by atoms with E-state index < -0.39 is 0 Å². The molecule has 1 aliphatic rings. The molecule has 1 fully saturated rings. The fourth-order valence-electron chi connectivity index (χ4n) is 1.92. The first-order valence-corrected chi connectivity index (χ1v) is 5.03. The minimum absolute atomic E-state index is 0.00718. The summed E-state index contributed by atoms with van der Waals surface area (Å²) in [5.41, 5.74) is 5.92. The lowest BCUT2D eigenvalue weighted by Crippen LogP contribution is -2.38. The van der Waals surface area contributed by atoms with E-state index in [0.717, 1.165) is 32.1 Å². The van der Waals surface area contributed by atoms with Gasteiger partial charge in [0, 0.05) is 32.1 Å². The molecule has 2 atom stereocenters. The summed E-state index contributed by atoms with van der Waals surface area (Å²) in [6.45, 7) is 0.658. The highest BCUT2D eigenvalue weighted by atomic mass is 16.5. The lowest BCUT2D eigenvalue weighted by molar-refractivity contribution is -0.125. The van der Waals surface area contributed by atoms with Crippen molar-refractivity contribution in [3.05, 3.63) is 0 Å². The van der Waals surface area contributed by atoms with E-state index in [1.807, 2.05) is 0 Å². The first-order chi connectivity index (χ1) is 6.25. The Morgan fingerprint density at radius 1 is 1.62 bits per heavy atom. The van der Waals surface area contributed by atoms with Gasteiger partial charge in [-0.2, -0.15) is 0 Å². The summed E-state index contributed by atoms with van der Waals surface area (Å²) in [4.78, 5) is 11.5. The van der Waals surface area contributed by atoms with Crippen LogP contribution in [0.3, 0.4) is 0 Å². The number of methoxy groups -OCH3 is 1. The number of Topliss-reactive ketones (excluding diaryl/α,β-unsaturated/α-hetero) is 1. The molecule has 0 radical (unpaired) electrons. The molecule has 76 valence electrons. The van der Waals surface area contributed by atoms with Gasteiger partial charge in [-0.15, -0.1) is 0 Å². The Kier molecular flexibility index (Phi) is 4.39. The quantitative estimate of drug-likeness (QED) is 0.713. The molecular weight excluding hydrogens is 166 g/mol. The van der Waals surface area contributed by atoms with Gasteiger partial charge in [-0.3, -0.25) is 4.79 Å². The zero-order valence-corrected chi connectivity index (χ0v) is 8.29. The molecule has 0 aromatic rings. The van der Waals surface area contributed by atoms with Crippen LogP contribution in [0, 0.1) is 5.92 Å². The number of hydrogen-bond donors (Lipinski definition) is 1. The molecule has 13 heavy (non-hydrogen) atoms. The van der Waals surface area contributed by atoms with E-state index in [2.05, 4.69) is 0 Å². The number of hydrogen-bond acceptors (Lipinski definition) is 3. The first kappa shape index (κ1) is 10.7. The van der Waals surface area contributed by atoms with Crippen LogP contribution in [0.2, 0.25) is 0 Å². The van der Waals surface area contributed by atoms with E-state index in [1.54, 1.807) is 7.11 Å². The van der Waals surface area contributed by atoms with Gasteiger partial charge in [0.2, 0.25) is 0 Å². The molecule has 0 bridgehead atoms. The van der Waals surface area contributed by atoms with E-state index in [9.17, 15) is 4.79 Å². The Morgan fingerprint density at radius 2 is 2.38 bits per heavy atom. The highest BCUT2D eigenvalue weighted by Gasteiger charge is 2.27. The molecule has 2 N–H and O–H groups in total. The highest BCUT2D eigenvalue weighted by Crippen LogP contribution is 2.23. The van der Waals surface area contributed by atoms with E-state index in [0.29, 0.717) is 12.4 Å². The van der Waals surface area contributed by atoms with E-state index in [-0.39, 0.29) is 12.0 Å². The average molecular weight is 185 g/mol. The van der Waals surface area contributed by atoms with Crippen LogP contribution in [0.4, 0.5) is 0 Å². The number of nitrogens with two attached hydrogens (primary N) is 1. The summed E-state index contributed by atoms with van der Waals surface area (Å²) < 4.78 is 4.95. The lowest BCUT2D eigenvalue weighted by atomic mass is 9.82. The van der Waals surface area contributed by atoms with Crippen LogP contribution < -0.4 is 5.73 Å². The Morgan fingerprint density at radius 3 is 3.00 bits per heavy atom. The fourth-order valence-corrected chi connectivity index (χ4v) is 1.92. The molecule has 0 spiro atoms. The number of ether oxygens (including phenoxy) is 1. The third kappa shape index (κ3) is 3.08. The normalized spacial score (nSPS) is 26.0. The summed E-state index contributed by atoms with van der Waals surface area (Å²) >= 11 is 0. The van der Waals surface area contributed by atoms with Crippen molar-refractivity contribution in [3.63, 3.8) is 0 Å². The Bertz CT molecular complexity index is 170. The predicted molar refractivity (Wildman–Crippen MR) is 51.4 cm³/mol. The number of carbonyl (C=O) groups is 1. The third-order valence-electron chi connectivity index (χ3n) is 2.77. The molecule has 0 amide bonds. The number of carbonyl (C=O) groups excluding carboxylic acids is 1. The Hall–Kier alpha value is -0.410. The molecule has 1 rings (SSSR count). The molecule has 0 saturated heterocycles.